The fourth-order valence-corrected chi connectivity index (χ4v) is 1.88. The second kappa shape index (κ2) is 3.71. The molecule has 0 N–H and O–H groups in total. The van der Waals surface area contributed by atoms with Crippen molar-refractivity contribution in [1.82, 2.24) is 9.97 Å². The summed E-state index contributed by atoms with van der Waals surface area (Å²) in [5, 5.41) is 2.64. The second-order valence-electron chi connectivity index (χ2n) is 2.58. The van der Waals surface area contributed by atoms with Crippen LogP contribution < -0.4 is 0 Å². The highest BCUT2D eigenvalue weighted by atomic mass is 32.1. The number of hydrogen-bond donors (Lipinski definition) is 0. The Morgan fingerprint density at radius 3 is 3.21 bits per heavy atom. The first-order valence-electron chi connectivity index (χ1n) is 4.18. The third kappa shape index (κ3) is 1.46. The number of aromatic nitrogens is 2. The molecular weight excluding hydrogens is 200 g/mol. The van der Waals surface area contributed by atoms with Gasteiger partial charge in [-0.05, 0) is 18.4 Å². The van der Waals surface area contributed by atoms with Crippen molar-refractivity contribution in [2.24, 2.45) is 0 Å². The van der Waals surface area contributed by atoms with E-state index in [4.69, 9.17) is 4.74 Å². The minimum absolute atomic E-state index is 0.345. The Morgan fingerprint density at radius 1 is 1.57 bits per heavy atom. The highest BCUT2D eigenvalue weighted by molar-refractivity contribution is 7.16. The number of thiophene rings is 1. The van der Waals surface area contributed by atoms with Crippen LogP contribution >= 0.6 is 11.3 Å². The quantitative estimate of drug-likeness (QED) is 0.707. The van der Waals surface area contributed by atoms with Gasteiger partial charge in [0.2, 0.25) is 0 Å². The van der Waals surface area contributed by atoms with Crippen LogP contribution in [-0.2, 0) is 4.74 Å². The molecule has 0 aliphatic rings. The summed E-state index contributed by atoms with van der Waals surface area (Å²) in [6.45, 7) is 2.12. The highest BCUT2D eigenvalue weighted by Gasteiger charge is 2.13. The predicted molar refractivity (Wildman–Crippen MR) is 53.4 cm³/mol. The zero-order valence-corrected chi connectivity index (χ0v) is 8.37. The van der Waals surface area contributed by atoms with Crippen LogP contribution in [0, 0.1) is 0 Å². The van der Waals surface area contributed by atoms with Crippen molar-refractivity contribution in [3.63, 3.8) is 0 Å². The Kier molecular flexibility index (Phi) is 2.41. The van der Waals surface area contributed by atoms with E-state index in [9.17, 15) is 4.79 Å². The fourth-order valence-electron chi connectivity index (χ4n) is 1.15. The predicted octanol–water partition coefficient (Wildman–Crippen LogP) is 1.87. The number of esters is 1. The SMILES string of the molecule is CCOC(=O)c1ncnc2sccc12. The van der Waals surface area contributed by atoms with Gasteiger partial charge in [-0.2, -0.15) is 0 Å². The number of hydrogen-bond acceptors (Lipinski definition) is 5. The highest BCUT2D eigenvalue weighted by Crippen LogP contribution is 2.20. The van der Waals surface area contributed by atoms with Gasteiger partial charge in [-0.15, -0.1) is 11.3 Å². The molecule has 2 rings (SSSR count). The molecule has 14 heavy (non-hydrogen) atoms. The molecule has 4 nitrogen and oxygen atoms in total. The average molecular weight is 208 g/mol. The maximum atomic E-state index is 11.4. The third-order valence-electron chi connectivity index (χ3n) is 1.73. The summed E-state index contributed by atoms with van der Waals surface area (Å²) < 4.78 is 4.88. The van der Waals surface area contributed by atoms with Gasteiger partial charge in [0.15, 0.2) is 5.69 Å². The lowest BCUT2D eigenvalue weighted by molar-refractivity contribution is 0.0522. The molecule has 2 aromatic heterocycles. The molecule has 0 saturated carbocycles. The van der Waals surface area contributed by atoms with Crippen LogP contribution in [0.3, 0.4) is 0 Å². The van der Waals surface area contributed by atoms with Gasteiger partial charge in [0, 0.05) is 5.39 Å². The van der Waals surface area contributed by atoms with Gasteiger partial charge in [-0.3, -0.25) is 0 Å². The van der Waals surface area contributed by atoms with Gasteiger partial charge in [0.25, 0.3) is 0 Å². The molecule has 0 aliphatic heterocycles. The summed E-state index contributed by atoms with van der Waals surface area (Å²) in [5.41, 5.74) is 0.345. The average Bonchev–Trinajstić information content (AvgIpc) is 2.65. The van der Waals surface area contributed by atoms with E-state index in [-0.39, 0.29) is 0 Å². The van der Waals surface area contributed by atoms with E-state index in [1.165, 1.54) is 17.7 Å². The number of rotatable bonds is 2. The summed E-state index contributed by atoms with van der Waals surface area (Å²) in [7, 11) is 0. The Balaban J connectivity index is 2.50. The van der Waals surface area contributed by atoms with E-state index in [0.29, 0.717) is 12.3 Å². The smallest absolute Gasteiger partial charge is 0.357 e. The summed E-state index contributed by atoms with van der Waals surface area (Å²) in [4.78, 5) is 20.2. The van der Waals surface area contributed by atoms with Crippen molar-refractivity contribution in [1.29, 1.82) is 0 Å². The van der Waals surface area contributed by atoms with Gasteiger partial charge in [0.1, 0.15) is 11.2 Å². The summed E-state index contributed by atoms with van der Waals surface area (Å²) in [6.07, 6.45) is 1.38. The Morgan fingerprint density at radius 2 is 2.43 bits per heavy atom. The minimum Gasteiger partial charge on any atom is -0.461 e. The molecule has 2 aromatic rings. The number of ether oxygens (including phenoxy) is 1. The van der Waals surface area contributed by atoms with Gasteiger partial charge >= 0.3 is 5.97 Å². The lowest BCUT2D eigenvalue weighted by Crippen LogP contribution is -2.07. The van der Waals surface area contributed by atoms with E-state index in [1.54, 1.807) is 6.92 Å². The molecule has 0 saturated heterocycles. The maximum absolute atomic E-state index is 11.4. The van der Waals surface area contributed by atoms with Crippen molar-refractivity contribution < 1.29 is 9.53 Å². The maximum Gasteiger partial charge on any atom is 0.357 e. The van der Waals surface area contributed by atoms with E-state index in [2.05, 4.69) is 9.97 Å². The van der Waals surface area contributed by atoms with E-state index in [0.717, 1.165) is 10.2 Å². The number of nitrogens with zero attached hydrogens (tertiary/aromatic N) is 2. The number of carbonyl (C=O) groups excluding carboxylic acids is 1. The molecule has 0 aliphatic carbocycles. The normalized spacial score (nSPS) is 10.4. The first kappa shape index (κ1) is 9.08. The van der Waals surface area contributed by atoms with Crippen LogP contribution in [-0.4, -0.2) is 22.5 Å². The molecular formula is C9H8N2O2S. The van der Waals surface area contributed by atoms with Crippen molar-refractivity contribution in [2.75, 3.05) is 6.61 Å². The zero-order chi connectivity index (χ0) is 9.97. The lowest BCUT2D eigenvalue weighted by Gasteiger charge is -2.00. The molecule has 0 radical (unpaired) electrons. The van der Waals surface area contributed by atoms with Crippen molar-refractivity contribution in [2.45, 2.75) is 6.92 Å². The third-order valence-corrected chi connectivity index (χ3v) is 2.55. The van der Waals surface area contributed by atoms with Gasteiger partial charge in [0.05, 0.1) is 6.61 Å². The standard InChI is InChI=1S/C9H8N2O2S/c1-2-13-9(12)7-6-3-4-14-8(6)11-5-10-7/h3-5H,2H2,1H3. The molecule has 0 fully saturated rings. The van der Waals surface area contributed by atoms with Crippen molar-refractivity contribution in [3.05, 3.63) is 23.5 Å². The first-order valence-corrected chi connectivity index (χ1v) is 5.06. The topological polar surface area (TPSA) is 52.1 Å². The minimum atomic E-state index is -0.390. The van der Waals surface area contributed by atoms with Crippen molar-refractivity contribution in [3.8, 4) is 0 Å². The van der Waals surface area contributed by atoms with E-state index >= 15 is 0 Å². The lowest BCUT2D eigenvalue weighted by atomic mass is 10.3. The van der Waals surface area contributed by atoms with Gasteiger partial charge in [-0.25, -0.2) is 14.8 Å². The summed E-state index contributed by atoms with van der Waals surface area (Å²) >= 11 is 1.48. The number of carbonyl (C=O) groups is 1. The van der Waals surface area contributed by atoms with Crippen LogP contribution in [0.15, 0.2) is 17.8 Å². The molecule has 72 valence electrons. The largest absolute Gasteiger partial charge is 0.461 e. The van der Waals surface area contributed by atoms with Crippen LogP contribution in [0.2, 0.25) is 0 Å². The van der Waals surface area contributed by atoms with Crippen LogP contribution in [0.25, 0.3) is 10.2 Å². The molecule has 0 amide bonds. The summed E-state index contributed by atoms with van der Waals surface area (Å²) in [5.74, 6) is -0.390. The molecule has 0 aromatic carbocycles. The second-order valence-corrected chi connectivity index (χ2v) is 3.48. The van der Waals surface area contributed by atoms with Crippen molar-refractivity contribution >= 4 is 27.5 Å². The molecule has 0 unspecified atom stereocenters. The van der Waals surface area contributed by atoms with Crippen LogP contribution in [0.5, 0.6) is 0 Å². The van der Waals surface area contributed by atoms with E-state index in [1.807, 2.05) is 11.4 Å². The molecule has 0 atom stereocenters. The first-order chi connectivity index (χ1) is 6.83. The zero-order valence-electron chi connectivity index (χ0n) is 7.56. The van der Waals surface area contributed by atoms with E-state index < -0.39 is 5.97 Å². The Hall–Kier alpha value is -1.49. The monoisotopic (exact) mass is 208 g/mol. The van der Waals surface area contributed by atoms with Crippen LogP contribution in [0.4, 0.5) is 0 Å². The Labute approximate surface area is 84.6 Å². The summed E-state index contributed by atoms with van der Waals surface area (Å²) in [6, 6.07) is 1.83. The molecule has 5 heteroatoms. The molecule has 0 spiro atoms. The fraction of sp³-hybridized carbons (Fsp3) is 0.222. The molecule has 0 bridgehead atoms. The van der Waals surface area contributed by atoms with Crippen LogP contribution in [0.1, 0.15) is 17.4 Å². The van der Waals surface area contributed by atoms with Gasteiger partial charge in [-0.1, -0.05) is 0 Å². The van der Waals surface area contributed by atoms with Gasteiger partial charge < -0.3 is 4.74 Å². The Bertz CT molecular complexity index is 467. The molecule has 2 heterocycles. The number of fused-ring (bicyclic) bond motifs is 1.